The molecule has 1 aromatic rings. The Morgan fingerprint density at radius 3 is 2.75 bits per heavy atom. The van der Waals surface area contributed by atoms with Gasteiger partial charge in [0.05, 0.1) is 6.04 Å². The van der Waals surface area contributed by atoms with Gasteiger partial charge in [-0.05, 0) is 30.2 Å². The Morgan fingerprint density at radius 1 is 1.67 bits per heavy atom. The van der Waals surface area contributed by atoms with Crippen molar-refractivity contribution in [3.63, 3.8) is 0 Å². The van der Waals surface area contributed by atoms with Crippen molar-refractivity contribution in [2.75, 3.05) is 0 Å². The van der Waals surface area contributed by atoms with E-state index in [0.29, 0.717) is 17.4 Å². The van der Waals surface area contributed by atoms with Crippen LogP contribution in [0.2, 0.25) is 5.22 Å². The smallest absolute Gasteiger partial charge is 0.193 e. The van der Waals surface area contributed by atoms with E-state index in [1.54, 1.807) is 18.2 Å². The number of nitrogens with two attached hydrogens (primary N) is 1. The van der Waals surface area contributed by atoms with Crippen LogP contribution in [-0.2, 0) is 0 Å². The first-order valence-electron chi connectivity index (χ1n) is 3.35. The Morgan fingerprint density at radius 2 is 2.33 bits per heavy atom. The summed E-state index contributed by atoms with van der Waals surface area (Å²) in [5, 5.41) is 0.375. The first-order valence-corrected chi connectivity index (χ1v) is 3.73. The van der Waals surface area contributed by atoms with Crippen molar-refractivity contribution in [1.82, 2.24) is 0 Å². The van der Waals surface area contributed by atoms with Crippen LogP contribution >= 0.6 is 24.0 Å². The van der Waals surface area contributed by atoms with E-state index in [0.717, 1.165) is 0 Å². The van der Waals surface area contributed by atoms with Gasteiger partial charge in [-0.3, -0.25) is 0 Å². The van der Waals surface area contributed by atoms with Crippen LogP contribution in [-0.4, -0.2) is 0 Å². The van der Waals surface area contributed by atoms with Gasteiger partial charge in [0.2, 0.25) is 0 Å². The highest BCUT2D eigenvalue weighted by Gasteiger charge is 2.07. The summed E-state index contributed by atoms with van der Waals surface area (Å²) in [7, 11) is 0. The topological polar surface area (TPSA) is 39.2 Å². The zero-order chi connectivity index (χ0) is 8.27. The molecule has 0 unspecified atom stereocenters. The summed E-state index contributed by atoms with van der Waals surface area (Å²) in [6.07, 6.45) is 2.45. The third-order valence-electron chi connectivity index (χ3n) is 1.38. The molecular weight excluding hydrogens is 197 g/mol. The van der Waals surface area contributed by atoms with E-state index < -0.39 is 0 Å². The van der Waals surface area contributed by atoms with Crippen molar-refractivity contribution >= 4 is 24.0 Å². The molecule has 0 aliphatic carbocycles. The van der Waals surface area contributed by atoms with Crippen molar-refractivity contribution in [3.05, 3.63) is 35.8 Å². The van der Waals surface area contributed by atoms with Gasteiger partial charge in [0.15, 0.2) is 5.22 Å². The van der Waals surface area contributed by atoms with Gasteiger partial charge in [0.25, 0.3) is 0 Å². The van der Waals surface area contributed by atoms with Crippen LogP contribution in [0.4, 0.5) is 0 Å². The molecule has 0 bridgehead atoms. The normalized spacial score (nSPS) is 11.8. The van der Waals surface area contributed by atoms with Gasteiger partial charge >= 0.3 is 0 Å². The SMILES string of the molecule is C=CC[C@@H](N)c1ccc(Cl)o1.Cl. The number of hydrogen-bond acceptors (Lipinski definition) is 2. The lowest BCUT2D eigenvalue weighted by Gasteiger charge is -2.02. The second kappa shape index (κ2) is 5.25. The van der Waals surface area contributed by atoms with Crippen LogP contribution in [0.15, 0.2) is 29.2 Å². The summed E-state index contributed by atoms with van der Waals surface area (Å²) >= 11 is 5.56. The summed E-state index contributed by atoms with van der Waals surface area (Å²) in [4.78, 5) is 0. The largest absolute Gasteiger partial charge is 0.448 e. The summed E-state index contributed by atoms with van der Waals surface area (Å²) in [5.41, 5.74) is 5.70. The van der Waals surface area contributed by atoms with Crippen molar-refractivity contribution < 1.29 is 4.42 Å². The van der Waals surface area contributed by atoms with Gasteiger partial charge in [0, 0.05) is 0 Å². The Hall–Kier alpha value is -0.440. The predicted octanol–water partition coefficient (Wildman–Crippen LogP) is 2.93. The van der Waals surface area contributed by atoms with Gasteiger partial charge in [-0.2, -0.15) is 0 Å². The molecule has 68 valence electrons. The molecule has 12 heavy (non-hydrogen) atoms. The van der Waals surface area contributed by atoms with Gasteiger partial charge in [-0.25, -0.2) is 0 Å². The van der Waals surface area contributed by atoms with E-state index in [-0.39, 0.29) is 18.4 Å². The van der Waals surface area contributed by atoms with Crippen molar-refractivity contribution in [3.8, 4) is 0 Å². The summed E-state index contributed by atoms with van der Waals surface area (Å²) in [5.74, 6) is 0.704. The Kier molecular flexibility index (Phi) is 5.06. The van der Waals surface area contributed by atoms with Crippen molar-refractivity contribution in [2.45, 2.75) is 12.5 Å². The lowest BCUT2D eigenvalue weighted by molar-refractivity contribution is 0.469. The van der Waals surface area contributed by atoms with Gasteiger partial charge in [-0.1, -0.05) is 6.08 Å². The van der Waals surface area contributed by atoms with Crippen LogP contribution in [0.5, 0.6) is 0 Å². The molecule has 0 aromatic carbocycles. The second-order valence-corrected chi connectivity index (χ2v) is 2.65. The Bertz CT molecular complexity index is 247. The van der Waals surface area contributed by atoms with E-state index in [9.17, 15) is 0 Å². The minimum Gasteiger partial charge on any atom is -0.448 e. The molecule has 0 fully saturated rings. The van der Waals surface area contributed by atoms with Crippen LogP contribution in [0, 0.1) is 0 Å². The highest BCUT2D eigenvalue weighted by molar-refractivity contribution is 6.28. The fraction of sp³-hybridized carbons (Fsp3) is 0.250. The highest BCUT2D eigenvalue weighted by Crippen LogP contribution is 2.20. The molecule has 1 heterocycles. The van der Waals surface area contributed by atoms with Crippen molar-refractivity contribution in [2.24, 2.45) is 5.73 Å². The number of rotatable bonds is 3. The molecule has 0 radical (unpaired) electrons. The van der Waals surface area contributed by atoms with E-state index in [1.807, 2.05) is 0 Å². The maximum Gasteiger partial charge on any atom is 0.193 e. The number of halogens is 2. The van der Waals surface area contributed by atoms with E-state index in [4.69, 9.17) is 21.8 Å². The van der Waals surface area contributed by atoms with E-state index >= 15 is 0 Å². The fourth-order valence-electron chi connectivity index (χ4n) is 0.823. The fourth-order valence-corrected chi connectivity index (χ4v) is 0.975. The maximum atomic E-state index is 5.70. The number of furan rings is 1. The lowest BCUT2D eigenvalue weighted by atomic mass is 10.2. The molecule has 2 N–H and O–H groups in total. The quantitative estimate of drug-likeness (QED) is 0.775. The Labute approximate surface area is 82.8 Å². The number of hydrogen-bond donors (Lipinski definition) is 1. The molecule has 0 spiro atoms. The van der Waals surface area contributed by atoms with E-state index in [1.165, 1.54) is 0 Å². The Balaban J connectivity index is 0.00000121. The first-order chi connectivity index (χ1) is 5.24. The third kappa shape index (κ3) is 2.89. The van der Waals surface area contributed by atoms with Crippen LogP contribution < -0.4 is 5.73 Å². The molecule has 1 aromatic heterocycles. The molecular formula is C8H11Cl2NO. The molecule has 1 atom stereocenters. The van der Waals surface area contributed by atoms with Gasteiger partial charge < -0.3 is 10.2 Å². The van der Waals surface area contributed by atoms with Crippen LogP contribution in [0.25, 0.3) is 0 Å². The zero-order valence-corrected chi connectivity index (χ0v) is 8.07. The molecule has 4 heteroatoms. The monoisotopic (exact) mass is 207 g/mol. The first kappa shape index (κ1) is 11.6. The molecule has 2 nitrogen and oxygen atoms in total. The minimum atomic E-state index is -0.125. The second-order valence-electron chi connectivity index (χ2n) is 2.27. The highest BCUT2D eigenvalue weighted by atomic mass is 35.5. The zero-order valence-electron chi connectivity index (χ0n) is 6.50. The van der Waals surface area contributed by atoms with Gasteiger partial charge in [-0.15, -0.1) is 19.0 Å². The average Bonchev–Trinajstić information content (AvgIpc) is 2.36. The molecule has 0 saturated heterocycles. The minimum absolute atomic E-state index is 0. The van der Waals surface area contributed by atoms with Crippen molar-refractivity contribution in [1.29, 1.82) is 0 Å². The maximum absolute atomic E-state index is 5.70. The molecule has 1 rings (SSSR count). The predicted molar refractivity (Wildman–Crippen MR) is 52.7 cm³/mol. The summed E-state index contributed by atoms with van der Waals surface area (Å²) in [6.45, 7) is 3.58. The molecule has 0 aliphatic rings. The average molecular weight is 208 g/mol. The van der Waals surface area contributed by atoms with Crippen LogP contribution in [0.3, 0.4) is 0 Å². The van der Waals surface area contributed by atoms with Gasteiger partial charge in [0.1, 0.15) is 5.76 Å². The molecule has 0 amide bonds. The summed E-state index contributed by atoms with van der Waals surface area (Å²) < 4.78 is 5.09. The standard InChI is InChI=1S/C8H10ClNO.ClH/c1-2-3-6(10)7-4-5-8(9)11-7;/h2,4-6H,1,3,10H2;1H/t6-;/m1./s1. The summed E-state index contributed by atoms with van der Waals surface area (Å²) in [6, 6.07) is 3.33. The van der Waals surface area contributed by atoms with E-state index in [2.05, 4.69) is 6.58 Å². The van der Waals surface area contributed by atoms with Crippen LogP contribution in [0.1, 0.15) is 18.2 Å². The lowest BCUT2D eigenvalue weighted by Crippen LogP contribution is -2.07. The molecule has 0 saturated carbocycles. The molecule has 0 aliphatic heterocycles. The third-order valence-corrected chi connectivity index (χ3v) is 1.58.